The number of fused-ring (bicyclic) bond motifs is 1. The molecule has 3 aromatic carbocycles. The van der Waals surface area contributed by atoms with Gasteiger partial charge in [-0.1, -0.05) is 60.7 Å². The topological polar surface area (TPSA) is 70.2 Å². The maximum absolute atomic E-state index is 13.6. The molecule has 2 aliphatic rings. The lowest BCUT2D eigenvalue weighted by molar-refractivity contribution is -0.133. The lowest BCUT2D eigenvalue weighted by Crippen LogP contribution is -2.57. The van der Waals surface area contributed by atoms with Gasteiger partial charge in [-0.3, -0.25) is 19.3 Å². The van der Waals surface area contributed by atoms with Crippen molar-refractivity contribution in [3.63, 3.8) is 0 Å². The highest BCUT2D eigenvalue weighted by molar-refractivity contribution is 8.26. The van der Waals surface area contributed by atoms with Gasteiger partial charge >= 0.3 is 0 Å². The highest BCUT2D eigenvalue weighted by Gasteiger charge is 2.44. The summed E-state index contributed by atoms with van der Waals surface area (Å²) in [6.07, 6.45) is -1.00. The SMILES string of the molecule is CC(C)(COC1C(=O)SC(=O)N1Cc1ccccc1)N1CN(c2ccccc2)c2ccccc2C1=O. The summed E-state index contributed by atoms with van der Waals surface area (Å²) in [5.41, 5.74) is 2.58. The zero-order chi connectivity index (χ0) is 25.3. The second kappa shape index (κ2) is 9.79. The largest absolute Gasteiger partial charge is 0.348 e. The Hall–Kier alpha value is -3.62. The van der Waals surface area contributed by atoms with Gasteiger partial charge in [0.2, 0.25) is 11.3 Å². The normalized spacial score (nSPS) is 18.1. The van der Waals surface area contributed by atoms with Crippen LogP contribution in [0.4, 0.5) is 16.2 Å². The van der Waals surface area contributed by atoms with Gasteiger partial charge in [-0.15, -0.1) is 0 Å². The maximum atomic E-state index is 13.6. The Morgan fingerprint density at radius 1 is 0.889 bits per heavy atom. The number of anilines is 2. The van der Waals surface area contributed by atoms with E-state index in [2.05, 4.69) is 4.90 Å². The van der Waals surface area contributed by atoms with Crippen molar-refractivity contribution in [2.24, 2.45) is 0 Å². The predicted octanol–water partition coefficient (Wildman–Crippen LogP) is 5.25. The van der Waals surface area contributed by atoms with Gasteiger partial charge in [0.05, 0.1) is 30.1 Å². The summed E-state index contributed by atoms with van der Waals surface area (Å²) in [5, 5.41) is -0.669. The van der Waals surface area contributed by atoms with Crippen LogP contribution < -0.4 is 4.90 Å². The molecule has 1 saturated heterocycles. The molecule has 5 rings (SSSR count). The summed E-state index contributed by atoms with van der Waals surface area (Å²) in [6, 6.07) is 27.0. The monoisotopic (exact) mass is 501 g/mol. The number of rotatable bonds is 7. The molecule has 2 heterocycles. The van der Waals surface area contributed by atoms with Gasteiger partial charge in [0.25, 0.3) is 11.1 Å². The molecule has 0 N–H and O–H groups in total. The van der Waals surface area contributed by atoms with Crippen LogP contribution in [0.2, 0.25) is 0 Å². The molecule has 0 aliphatic carbocycles. The average molecular weight is 502 g/mol. The minimum absolute atomic E-state index is 0.0824. The molecule has 3 aromatic rings. The van der Waals surface area contributed by atoms with Crippen molar-refractivity contribution in [1.29, 1.82) is 0 Å². The molecule has 184 valence electrons. The summed E-state index contributed by atoms with van der Waals surface area (Å²) in [7, 11) is 0. The van der Waals surface area contributed by atoms with Crippen molar-refractivity contribution in [3.8, 4) is 0 Å². The molecule has 1 unspecified atom stereocenters. The van der Waals surface area contributed by atoms with Gasteiger partial charge in [-0.25, -0.2) is 0 Å². The minimum Gasteiger partial charge on any atom is -0.348 e. The first kappa shape index (κ1) is 24.1. The number of hydrogen-bond acceptors (Lipinski definition) is 6. The molecule has 7 nitrogen and oxygen atoms in total. The van der Waals surface area contributed by atoms with Crippen molar-refractivity contribution < 1.29 is 19.1 Å². The third-order valence-corrected chi connectivity index (χ3v) is 7.26. The third kappa shape index (κ3) is 4.62. The number of ether oxygens (including phenoxy) is 1. The van der Waals surface area contributed by atoms with Crippen LogP contribution >= 0.6 is 11.8 Å². The van der Waals surface area contributed by atoms with E-state index >= 15 is 0 Å². The first-order valence-electron chi connectivity index (χ1n) is 11.8. The van der Waals surface area contributed by atoms with Crippen molar-refractivity contribution in [2.45, 2.75) is 32.2 Å². The lowest BCUT2D eigenvalue weighted by Gasteiger charge is -2.46. The number of carbonyl (C=O) groups is 3. The van der Waals surface area contributed by atoms with E-state index < -0.39 is 11.8 Å². The van der Waals surface area contributed by atoms with Gasteiger partial charge < -0.3 is 14.5 Å². The zero-order valence-electron chi connectivity index (χ0n) is 20.2. The number of nitrogens with zero attached hydrogens (tertiary/aromatic N) is 3. The molecule has 2 aliphatic heterocycles. The minimum atomic E-state index is -1.00. The number of hydrogen-bond donors (Lipinski definition) is 0. The summed E-state index contributed by atoms with van der Waals surface area (Å²) in [6.45, 7) is 4.52. The van der Waals surface area contributed by atoms with Crippen LogP contribution in [0.3, 0.4) is 0 Å². The number of carbonyl (C=O) groups excluding carboxylic acids is 3. The van der Waals surface area contributed by atoms with E-state index in [9.17, 15) is 14.4 Å². The predicted molar refractivity (Wildman–Crippen MR) is 140 cm³/mol. The number of benzene rings is 3. The van der Waals surface area contributed by atoms with E-state index in [4.69, 9.17) is 4.74 Å². The summed E-state index contributed by atoms with van der Waals surface area (Å²) < 4.78 is 6.09. The van der Waals surface area contributed by atoms with E-state index in [0.29, 0.717) is 24.0 Å². The van der Waals surface area contributed by atoms with Gasteiger partial charge in [0.1, 0.15) is 0 Å². The van der Waals surface area contributed by atoms with Crippen molar-refractivity contribution in [3.05, 3.63) is 96.1 Å². The molecular weight excluding hydrogens is 474 g/mol. The van der Waals surface area contributed by atoms with Crippen LogP contribution in [-0.2, 0) is 16.1 Å². The van der Waals surface area contributed by atoms with Crippen LogP contribution in [0.25, 0.3) is 0 Å². The zero-order valence-corrected chi connectivity index (χ0v) is 21.0. The lowest BCUT2D eigenvalue weighted by atomic mass is 9.99. The molecule has 36 heavy (non-hydrogen) atoms. The highest BCUT2D eigenvalue weighted by Crippen LogP contribution is 2.37. The molecule has 0 bridgehead atoms. The molecule has 1 fully saturated rings. The van der Waals surface area contributed by atoms with E-state index in [1.165, 1.54) is 4.90 Å². The quantitative estimate of drug-likeness (QED) is 0.440. The summed E-state index contributed by atoms with van der Waals surface area (Å²) in [4.78, 5) is 44.0. The molecular formula is C28H27N3O4S. The number of amides is 2. The Morgan fingerprint density at radius 2 is 1.53 bits per heavy atom. The van der Waals surface area contributed by atoms with Crippen LogP contribution in [0.1, 0.15) is 29.8 Å². The van der Waals surface area contributed by atoms with Crippen molar-refractivity contribution in [1.82, 2.24) is 9.80 Å². The Labute approximate surface area is 214 Å². The molecule has 1 atom stereocenters. The Balaban J connectivity index is 1.37. The Bertz CT molecular complexity index is 1280. The van der Waals surface area contributed by atoms with Gasteiger partial charge in [-0.05, 0) is 43.7 Å². The first-order chi connectivity index (χ1) is 17.3. The molecule has 0 aromatic heterocycles. The fourth-order valence-electron chi connectivity index (χ4n) is 4.48. The smallest absolute Gasteiger partial charge is 0.292 e. The molecule has 0 radical (unpaired) electrons. The Morgan fingerprint density at radius 3 is 2.25 bits per heavy atom. The number of para-hydroxylation sites is 2. The van der Waals surface area contributed by atoms with Gasteiger partial charge in [0, 0.05) is 24.0 Å². The van der Waals surface area contributed by atoms with Crippen LogP contribution in [0.15, 0.2) is 84.9 Å². The standard InChI is InChI=1S/C28H27N3O4S/c1-28(2,18-35-25-26(33)36-27(34)29(25)17-20-11-5-3-6-12-20)31-19-30(21-13-7-4-8-14-21)23-16-10-9-15-22(23)24(31)32/h3-16,25H,17-19H2,1-2H3. The highest BCUT2D eigenvalue weighted by atomic mass is 32.2. The van der Waals surface area contributed by atoms with Crippen LogP contribution in [-0.4, -0.2) is 51.1 Å². The number of thioether (sulfide) groups is 1. The summed E-state index contributed by atoms with van der Waals surface area (Å²) in [5.74, 6) is -0.101. The second-order valence-corrected chi connectivity index (χ2v) is 10.4. The first-order valence-corrected chi connectivity index (χ1v) is 12.6. The Kier molecular flexibility index (Phi) is 6.55. The van der Waals surface area contributed by atoms with Crippen LogP contribution in [0.5, 0.6) is 0 Å². The van der Waals surface area contributed by atoms with Crippen molar-refractivity contribution in [2.75, 3.05) is 18.2 Å². The van der Waals surface area contributed by atoms with E-state index in [1.807, 2.05) is 98.8 Å². The second-order valence-electron chi connectivity index (χ2n) is 9.43. The van der Waals surface area contributed by atoms with E-state index in [-0.39, 0.29) is 29.4 Å². The van der Waals surface area contributed by atoms with Crippen LogP contribution in [0, 0.1) is 0 Å². The van der Waals surface area contributed by atoms with Crippen molar-refractivity contribution >= 4 is 39.4 Å². The molecule has 0 saturated carbocycles. The van der Waals surface area contributed by atoms with Gasteiger partial charge in [-0.2, -0.15) is 0 Å². The van der Waals surface area contributed by atoms with E-state index in [0.717, 1.165) is 16.9 Å². The molecule has 0 spiro atoms. The van der Waals surface area contributed by atoms with E-state index in [1.54, 1.807) is 4.90 Å². The average Bonchev–Trinajstić information content (AvgIpc) is 3.15. The fraction of sp³-hybridized carbons (Fsp3) is 0.250. The maximum Gasteiger partial charge on any atom is 0.292 e. The third-order valence-electron chi connectivity index (χ3n) is 6.45. The molecule has 8 heteroatoms. The fourth-order valence-corrected chi connectivity index (χ4v) is 5.22. The molecule has 2 amide bonds. The summed E-state index contributed by atoms with van der Waals surface area (Å²) >= 11 is 0.665. The van der Waals surface area contributed by atoms with Gasteiger partial charge in [0.15, 0.2) is 0 Å².